The van der Waals surface area contributed by atoms with E-state index in [9.17, 15) is 0 Å². The van der Waals surface area contributed by atoms with Gasteiger partial charge < -0.3 is 9.16 Å². The van der Waals surface area contributed by atoms with Crippen LogP contribution < -0.4 is 0 Å². The molecule has 3 atom stereocenters. The first-order valence-corrected chi connectivity index (χ1v) is 15.3. The van der Waals surface area contributed by atoms with Crippen molar-refractivity contribution in [3.05, 3.63) is 27.5 Å². The first kappa shape index (κ1) is 25.4. The maximum absolute atomic E-state index is 6.59. The van der Waals surface area contributed by atoms with Gasteiger partial charge in [-0.1, -0.05) is 47.6 Å². The maximum atomic E-state index is 6.59. The summed E-state index contributed by atoms with van der Waals surface area (Å²) in [4.78, 5) is 9.47. The second-order valence-electron chi connectivity index (χ2n) is 9.81. The van der Waals surface area contributed by atoms with Gasteiger partial charge in [-0.25, -0.2) is 9.97 Å². The molecule has 0 saturated carbocycles. The molecule has 0 fully saturated rings. The Labute approximate surface area is 191 Å². The number of hydrogen-bond acceptors (Lipinski definition) is 6. The zero-order valence-corrected chi connectivity index (χ0v) is 22.8. The molecule has 0 N–H and O–H groups in total. The van der Waals surface area contributed by atoms with E-state index in [0.29, 0.717) is 5.92 Å². The summed E-state index contributed by atoms with van der Waals surface area (Å²) in [6.45, 7) is 20.1. The van der Waals surface area contributed by atoms with Gasteiger partial charge in [0, 0.05) is 35.8 Å². The molecule has 2 aromatic heterocycles. The van der Waals surface area contributed by atoms with Crippen LogP contribution >= 0.6 is 22.7 Å². The fourth-order valence-corrected chi connectivity index (χ4v) is 5.95. The van der Waals surface area contributed by atoms with Crippen LogP contribution in [0.3, 0.4) is 0 Å². The zero-order chi connectivity index (χ0) is 22.7. The minimum atomic E-state index is -1.81. The second-order valence-corrected chi connectivity index (χ2v) is 16.3. The topological polar surface area (TPSA) is 44.2 Å². The van der Waals surface area contributed by atoms with Gasteiger partial charge in [0.1, 0.15) is 10.7 Å². The molecular formula is C23H38N2O2S2Si. The summed E-state index contributed by atoms with van der Waals surface area (Å²) < 4.78 is 12.4. The Morgan fingerprint density at radius 1 is 1.03 bits per heavy atom. The molecule has 0 aliphatic rings. The Balaban J connectivity index is 2.07. The van der Waals surface area contributed by atoms with Crippen molar-refractivity contribution in [3.63, 3.8) is 0 Å². The highest BCUT2D eigenvalue weighted by molar-refractivity contribution is 7.14. The van der Waals surface area contributed by atoms with E-state index in [1.54, 1.807) is 29.8 Å². The van der Waals surface area contributed by atoms with Crippen LogP contribution in [0, 0.1) is 5.92 Å². The van der Waals surface area contributed by atoms with Crippen molar-refractivity contribution in [2.45, 2.75) is 84.7 Å². The molecule has 2 aromatic rings. The smallest absolute Gasteiger partial charge is 0.192 e. The predicted molar refractivity (Wildman–Crippen MR) is 134 cm³/mol. The van der Waals surface area contributed by atoms with E-state index in [-0.39, 0.29) is 23.2 Å². The molecule has 0 aliphatic heterocycles. The standard InChI is InChI=1S/C23H38N2O2S2Si/c1-15(2)21-25-19(14-29-21)22-24-18(13-28-22)11-12-20(26-8)16(3)17(4)27-30(9,10)23(5,6)7/h11-17,20H,1-10H3/b12-11+/t16-,17?,20-/m0/s1. The Kier molecular flexibility index (Phi) is 8.61. The molecule has 7 heteroatoms. The number of ether oxygens (including phenoxy) is 1. The van der Waals surface area contributed by atoms with Crippen molar-refractivity contribution in [2.24, 2.45) is 5.92 Å². The van der Waals surface area contributed by atoms with Crippen molar-refractivity contribution in [2.75, 3.05) is 7.11 Å². The normalized spacial score (nSPS) is 16.4. The summed E-state index contributed by atoms with van der Waals surface area (Å²) in [5, 5.41) is 6.49. The van der Waals surface area contributed by atoms with Crippen LogP contribution in [0.5, 0.6) is 0 Å². The number of hydrogen-bond donors (Lipinski definition) is 0. The van der Waals surface area contributed by atoms with Gasteiger partial charge in [0.2, 0.25) is 0 Å². The predicted octanol–water partition coefficient (Wildman–Crippen LogP) is 7.46. The van der Waals surface area contributed by atoms with Gasteiger partial charge in [0.05, 0.1) is 16.8 Å². The van der Waals surface area contributed by atoms with E-state index in [1.165, 1.54) is 0 Å². The Morgan fingerprint density at radius 2 is 1.70 bits per heavy atom. The lowest BCUT2D eigenvalue weighted by Crippen LogP contribution is -2.46. The van der Waals surface area contributed by atoms with E-state index in [4.69, 9.17) is 19.1 Å². The van der Waals surface area contributed by atoms with Crippen molar-refractivity contribution < 1.29 is 9.16 Å². The number of rotatable bonds is 9. The van der Waals surface area contributed by atoms with E-state index in [2.05, 4.69) is 84.5 Å². The van der Waals surface area contributed by atoms with Gasteiger partial charge in [0.25, 0.3) is 0 Å². The van der Waals surface area contributed by atoms with E-state index < -0.39 is 8.32 Å². The lowest BCUT2D eigenvalue weighted by molar-refractivity contribution is 0.0336. The molecule has 168 valence electrons. The maximum Gasteiger partial charge on any atom is 0.192 e. The molecule has 2 rings (SSSR count). The molecule has 0 aliphatic carbocycles. The number of aromatic nitrogens is 2. The van der Waals surface area contributed by atoms with E-state index in [1.807, 2.05) is 0 Å². The summed E-state index contributed by atoms with van der Waals surface area (Å²) in [5.41, 5.74) is 1.92. The van der Waals surface area contributed by atoms with Crippen molar-refractivity contribution in [1.82, 2.24) is 9.97 Å². The first-order valence-electron chi connectivity index (χ1n) is 10.7. The SMILES string of the molecule is CO[C@@H](/C=C/c1csc(-c2csc(C(C)C)n2)n1)[C@@H](C)C(C)O[Si](C)(C)C(C)(C)C. The lowest BCUT2D eigenvalue weighted by Gasteiger charge is -2.40. The fraction of sp³-hybridized carbons (Fsp3) is 0.652. The molecule has 30 heavy (non-hydrogen) atoms. The third-order valence-corrected chi connectivity index (χ3v) is 12.6. The molecule has 0 saturated heterocycles. The van der Waals surface area contributed by atoms with Crippen molar-refractivity contribution in [3.8, 4) is 10.7 Å². The zero-order valence-electron chi connectivity index (χ0n) is 20.1. The van der Waals surface area contributed by atoms with Gasteiger partial charge in [-0.15, -0.1) is 22.7 Å². The Morgan fingerprint density at radius 3 is 2.23 bits per heavy atom. The summed E-state index contributed by atoms with van der Waals surface area (Å²) in [7, 11) is -0.0493. The highest BCUT2D eigenvalue weighted by atomic mass is 32.1. The summed E-state index contributed by atoms with van der Waals surface area (Å²) in [5.74, 6) is 0.688. The number of nitrogens with zero attached hydrogens (tertiary/aromatic N) is 2. The average molecular weight is 467 g/mol. The van der Waals surface area contributed by atoms with Crippen molar-refractivity contribution >= 4 is 37.1 Å². The molecule has 0 spiro atoms. The molecule has 0 bridgehead atoms. The average Bonchev–Trinajstić information content (AvgIpc) is 3.30. The van der Waals surface area contributed by atoms with Gasteiger partial charge in [-0.3, -0.25) is 0 Å². The van der Waals surface area contributed by atoms with Crippen LogP contribution in [0.25, 0.3) is 16.8 Å². The number of thiazole rings is 2. The molecular weight excluding hydrogens is 428 g/mol. The summed E-state index contributed by atoms with van der Waals surface area (Å²) in [6, 6.07) is 0. The third kappa shape index (κ3) is 6.33. The van der Waals surface area contributed by atoms with Crippen LogP contribution in [0.1, 0.15) is 65.1 Å². The van der Waals surface area contributed by atoms with Crippen LogP contribution in [0.2, 0.25) is 18.1 Å². The third-order valence-electron chi connectivity index (χ3n) is 6.03. The highest BCUT2D eigenvalue weighted by Gasteiger charge is 2.39. The van der Waals surface area contributed by atoms with Gasteiger partial charge >= 0.3 is 0 Å². The van der Waals surface area contributed by atoms with E-state index >= 15 is 0 Å². The van der Waals surface area contributed by atoms with Gasteiger partial charge in [-0.2, -0.15) is 0 Å². The molecule has 0 amide bonds. The van der Waals surface area contributed by atoms with Crippen LogP contribution in [0.4, 0.5) is 0 Å². The van der Waals surface area contributed by atoms with Gasteiger partial charge in [-0.05, 0) is 31.1 Å². The molecule has 2 heterocycles. The molecule has 0 radical (unpaired) electrons. The Hall–Kier alpha value is -0.863. The number of methoxy groups -OCH3 is 1. The van der Waals surface area contributed by atoms with Crippen molar-refractivity contribution in [1.29, 1.82) is 0 Å². The lowest BCUT2D eigenvalue weighted by atomic mass is 9.98. The minimum absolute atomic E-state index is 0.0262. The highest BCUT2D eigenvalue weighted by Crippen LogP contribution is 2.38. The Bertz CT molecular complexity index is 836. The monoisotopic (exact) mass is 466 g/mol. The van der Waals surface area contributed by atoms with Crippen LogP contribution in [0.15, 0.2) is 16.8 Å². The molecule has 1 unspecified atom stereocenters. The molecule has 0 aromatic carbocycles. The second kappa shape index (κ2) is 10.2. The van der Waals surface area contributed by atoms with Gasteiger partial charge in [0.15, 0.2) is 8.32 Å². The summed E-state index contributed by atoms with van der Waals surface area (Å²) in [6.07, 6.45) is 4.26. The first-order chi connectivity index (χ1) is 13.9. The van der Waals surface area contributed by atoms with Crippen LogP contribution in [-0.4, -0.2) is 37.6 Å². The fourth-order valence-electron chi connectivity index (χ4n) is 2.81. The van der Waals surface area contributed by atoms with E-state index in [0.717, 1.165) is 21.4 Å². The molecule has 4 nitrogen and oxygen atoms in total. The summed E-state index contributed by atoms with van der Waals surface area (Å²) >= 11 is 3.34. The minimum Gasteiger partial charge on any atom is -0.414 e. The van der Waals surface area contributed by atoms with Crippen LogP contribution in [-0.2, 0) is 9.16 Å². The largest absolute Gasteiger partial charge is 0.414 e. The quantitative estimate of drug-likeness (QED) is 0.360.